The van der Waals surface area contributed by atoms with E-state index >= 15 is 0 Å². The molecule has 4 nitrogen and oxygen atoms in total. The van der Waals surface area contributed by atoms with Gasteiger partial charge >= 0.3 is 6.18 Å². The molecule has 31 heavy (non-hydrogen) atoms. The van der Waals surface area contributed by atoms with Crippen molar-refractivity contribution in [2.75, 3.05) is 5.32 Å². The van der Waals surface area contributed by atoms with Crippen LogP contribution in [0.25, 0.3) is 5.69 Å². The number of amides is 1. The molecule has 1 aromatic heterocycles. The number of carbonyl (C=O) groups is 1. The maximum Gasteiger partial charge on any atom is 0.416 e. The van der Waals surface area contributed by atoms with Crippen LogP contribution in [0.5, 0.6) is 0 Å². The van der Waals surface area contributed by atoms with Crippen LogP contribution >= 0.6 is 11.8 Å². The highest BCUT2D eigenvalue weighted by atomic mass is 32.2. The first-order chi connectivity index (χ1) is 14.5. The Morgan fingerprint density at radius 3 is 2.16 bits per heavy atom. The van der Waals surface area contributed by atoms with Gasteiger partial charge < -0.3 is 5.32 Å². The zero-order valence-electron chi connectivity index (χ0n) is 17.4. The molecule has 0 bridgehead atoms. The van der Waals surface area contributed by atoms with E-state index < -0.39 is 11.7 Å². The molecule has 0 atom stereocenters. The number of aromatic nitrogens is 2. The van der Waals surface area contributed by atoms with Gasteiger partial charge in [-0.05, 0) is 47.4 Å². The number of hydrogen-bond donors (Lipinski definition) is 1. The molecule has 1 amide bonds. The number of anilines is 1. The lowest BCUT2D eigenvalue weighted by Gasteiger charge is -2.19. The molecule has 1 N–H and O–H groups in total. The summed E-state index contributed by atoms with van der Waals surface area (Å²) in [7, 11) is 0. The van der Waals surface area contributed by atoms with Gasteiger partial charge in [-0.25, -0.2) is 4.68 Å². The van der Waals surface area contributed by atoms with E-state index in [-0.39, 0.29) is 11.3 Å². The zero-order chi connectivity index (χ0) is 22.4. The molecular weight excluding hydrogens is 423 g/mol. The van der Waals surface area contributed by atoms with Crippen molar-refractivity contribution in [1.82, 2.24) is 9.78 Å². The van der Waals surface area contributed by atoms with Gasteiger partial charge in [0.1, 0.15) is 5.82 Å². The van der Waals surface area contributed by atoms with Crippen molar-refractivity contribution >= 4 is 23.5 Å². The van der Waals surface area contributed by atoms with Crippen LogP contribution in [0.3, 0.4) is 0 Å². The van der Waals surface area contributed by atoms with E-state index in [1.54, 1.807) is 23.9 Å². The molecule has 0 unspecified atom stereocenters. The van der Waals surface area contributed by atoms with E-state index in [2.05, 4.69) is 31.2 Å². The topological polar surface area (TPSA) is 46.9 Å². The maximum absolute atomic E-state index is 12.9. The Morgan fingerprint density at radius 2 is 1.58 bits per heavy atom. The largest absolute Gasteiger partial charge is 0.416 e. The van der Waals surface area contributed by atoms with Crippen LogP contribution < -0.4 is 5.32 Å². The summed E-state index contributed by atoms with van der Waals surface area (Å²) in [4.78, 5) is 12.9. The van der Waals surface area contributed by atoms with Crippen molar-refractivity contribution < 1.29 is 18.0 Å². The van der Waals surface area contributed by atoms with Gasteiger partial charge in [-0.3, -0.25) is 4.79 Å². The fraction of sp³-hybridized carbons (Fsp3) is 0.304. The smallest absolute Gasteiger partial charge is 0.306 e. The molecule has 2 heterocycles. The molecule has 2 aromatic carbocycles. The first-order valence-electron chi connectivity index (χ1n) is 9.82. The number of hydrogen-bond acceptors (Lipinski definition) is 3. The average molecular weight is 446 g/mol. The minimum atomic E-state index is -4.41. The number of thioether (sulfide) groups is 1. The second kappa shape index (κ2) is 7.75. The van der Waals surface area contributed by atoms with Gasteiger partial charge in [-0.15, -0.1) is 0 Å². The number of rotatable bonds is 3. The fourth-order valence-electron chi connectivity index (χ4n) is 3.42. The number of carbonyl (C=O) groups excluding carboxylic acids is 1. The summed E-state index contributed by atoms with van der Waals surface area (Å²) >= 11 is 1.69. The van der Waals surface area contributed by atoms with Gasteiger partial charge in [0.25, 0.3) is 5.91 Å². The number of halogens is 3. The van der Waals surface area contributed by atoms with E-state index in [1.807, 2.05) is 12.1 Å². The molecule has 1 aliphatic heterocycles. The van der Waals surface area contributed by atoms with E-state index in [0.29, 0.717) is 28.6 Å². The minimum Gasteiger partial charge on any atom is -0.306 e. The van der Waals surface area contributed by atoms with Crippen LogP contribution in [0, 0.1) is 0 Å². The molecule has 0 spiro atoms. The van der Waals surface area contributed by atoms with Crippen molar-refractivity contribution in [1.29, 1.82) is 0 Å². The van der Waals surface area contributed by atoms with Crippen LogP contribution in [0.4, 0.5) is 19.0 Å². The van der Waals surface area contributed by atoms with Gasteiger partial charge in [-0.1, -0.05) is 32.9 Å². The number of fused-ring (bicyclic) bond motifs is 1. The van der Waals surface area contributed by atoms with Crippen molar-refractivity contribution in [3.8, 4) is 5.69 Å². The van der Waals surface area contributed by atoms with E-state index in [4.69, 9.17) is 0 Å². The van der Waals surface area contributed by atoms with E-state index in [9.17, 15) is 18.0 Å². The molecule has 0 radical (unpaired) electrons. The Labute approximate surface area is 182 Å². The van der Waals surface area contributed by atoms with Crippen molar-refractivity contribution in [2.45, 2.75) is 43.9 Å². The van der Waals surface area contributed by atoms with Crippen LogP contribution in [0.15, 0.2) is 48.5 Å². The van der Waals surface area contributed by atoms with Crippen molar-refractivity contribution in [3.63, 3.8) is 0 Å². The Hall–Kier alpha value is -2.74. The Kier molecular flexibility index (Phi) is 5.37. The summed E-state index contributed by atoms with van der Waals surface area (Å²) in [5.41, 5.74) is 3.09. The molecular formula is C23H22F3N3OS. The van der Waals surface area contributed by atoms with Gasteiger partial charge in [0.2, 0.25) is 0 Å². The Bertz CT molecular complexity index is 1110. The molecule has 8 heteroatoms. The van der Waals surface area contributed by atoms with Crippen LogP contribution in [0.2, 0.25) is 0 Å². The highest BCUT2D eigenvalue weighted by Gasteiger charge is 2.31. The second-order valence-electron chi connectivity index (χ2n) is 8.50. The lowest BCUT2D eigenvalue weighted by Crippen LogP contribution is -2.17. The Morgan fingerprint density at radius 1 is 0.968 bits per heavy atom. The number of nitrogens with one attached hydrogen (secondary N) is 1. The summed E-state index contributed by atoms with van der Waals surface area (Å²) in [6.07, 6.45) is -4.41. The standard InChI is InChI=1S/C23H22F3N3OS/c1-22(2,3)15-6-4-14(5-7-15)21(30)27-20-18-12-31-13-19(18)28-29(20)17-10-8-16(9-11-17)23(24,25)26/h4-11H,12-13H2,1-3H3,(H,27,30). The molecule has 3 aromatic rings. The van der Waals surface area contributed by atoms with Crippen molar-refractivity contribution in [2.24, 2.45) is 0 Å². The third-order valence-corrected chi connectivity index (χ3v) is 6.21. The summed E-state index contributed by atoms with van der Waals surface area (Å²) in [6, 6.07) is 12.2. The van der Waals surface area contributed by atoms with Gasteiger partial charge in [0, 0.05) is 22.6 Å². The number of nitrogens with zero attached hydrogens (tertiary/aromatic N) is 2. The first kappa shape index (κ1) is 21.5. The third kappa shape index (κ3) is 4.35. The van der Waals surface area contributed by atoms with Crippen LogP contribution in [0.1, 0.15) is 53.5 Å². The number of benzene rings is 2. The quantitative estimate of drug-likeness (QED) is 0.523. The normalized spacial score (nSPS) is 13.9. The predicted molar refractivity (Wildman–Crippen MR) is 117 cm³/mol. The van der Waals surface area contributed by atoms with Crippen LogP contribution in [-0.2, 0) is 23.1 Å². The lowest BCUT2D eigenvalue weighted by molar-refractivity contribution is -0.137. The van der Waals surface area contributed by atoms with E-state index in [0.717, 1.165) is 29.0 Å². The zero-order valence-corrected chi connectivity index (χ0v) is 18.2. The Balaban J connectivity index is 1.65. The fourth-order valence-corrected chi connectivity index (χ4v) is 4.46. The van der Waals surface area contributed by atoms with Crippen molar-refractivity contribution in [3.05, 3.63) is 76.5 Å². The monoisotopic (exact) mass is 445 g/mol. The molecule has 0 aliphatic carbocycles. The molecule has 4 rings (SSSR count). The highest BCUT2D eigenvalue weighted by molar-refractivity contribution is 7.98. The SMILES string of the molecule is CC(C)(C)c1ccc(C(=O)Nc2c3c(nn2-c2ccc(C(F)(F)F)cc2)CSC3)cc1. The van der Waals surface area contributed by atoms with E-state index in [1.165, 1.54) is 16.8 Å². The summed E-state index contributed by atoms with van der Waals surface area (Å²) < 4.78 is 40.3. The average Bonchev–Trinajstić information content (AvgIpc) is 3.29. The first-order valence-corrected chi connectivity index (χ1v) is 11.0. The molecule has 162 valence electrons. The van der Waals surface area contributed by atoms with Crippen LogP contribution in [-0.4, -0.2) is 15.7 Å². The second-order valence-corrected chi connectivity index (χ2v) is 9.49. The third-order valence-electron chi connectivity index (χ3n) is 5.24. The molecule has 0 fully saturated rings. The molecule has 0 saturated heterocycles. The maximum atomic E-state index is 12.9. The summed E-state index contributed by atoms with van der Waals surface area (Å²) in [6.45, 7) is 6.31. The highest BCUT2D eigenvalue weighted by Crippen LogP contribution is 2.37. The predicted octanol–water partition coefficient (Wildman–Crippen LogP) is 6.19. The van der Waals surface area contributed by atoms with Gasteiger partial charge in [0.05, 0.1) is 16.9 Å². The van der Waals surface area contributed by atoms with Gasteiger partial charge in [-0.2, -0.15) is 30.0 Å². The van der Waals surface area contributed by atoms with Gasteiger partial charge in [0.15, 0.2) is 0 Å². The molecule has 0 saturated carbocycles. The summed E-state index contributed by atoms with van der Waals surface area (Å²) in [5, 5.41) is 7.48. The number of alkyl halides is 3. The summed E-state index contributed by atoms with van der Waals surface area (Å²) in [5.74, 6) is 1.61. The minimum absolute atomic E-state index is 0.0196. The lowest BCUT2D eigenvalue weighted by atomic mass is 9.87. The molecule has 1 aliphatic rings.